The smallest absolute Gasteiger partial charge is 0.407 e. The van der Waals surface area contributed by atoms with Gasteiger partial charge in [-0.3, -0.25) is 0 Å². The van der Waals surface area contributed by atoms with Crippen molar-refractivity contribution >= 4 is 6.09 Å². The molecular formula is C13H26N2O3. The van der Waals surface area contributed by atoms with E-state index in [1.165, 1.54) is 0 Å². The van der Waals surface area contributed by atoms with Gasteiger partial charge in [0.05, 0.1) is 6.61 Å². The van der Waals surface area contributed by atoms with Gasteiger partial charge in [-0.2, -0.15) is 0 Å². The standard InChI is InChI=1S/C13H26N2O3/c1-13(2,3)18-12(17)15-11-6-4-10(5-7-11)14-8-9-16/h10-11,14,16H,4-9H2,1-3H3,(H,15,17). The van der Waals surface area contributed by atoms with Gasteiger partial charge in [0.1, 0.15) is 5.60 Å². The van der Waals surface area contributed by atoms with E-state index in [1.54, 1.807) is 0 Å². The molecule has 0 unspecified atom stereocenters. The first-order valence-corrected chi connectivity index (χ1v) is 6.74. The fourth-order valence-corrected chi connectivity index (χ4v) is 2.18. The van der Waals surface area contributed by atoms with Crippen molar-refractivity contribution in [1.29, 1.82) is 0 Å². The van der Waals surface area contributed by atoms with Crippen LogP contribution in [0.2, 0.25) is 0 Å². The maximum atomic E-state index is 11.6. The summed E-state index contributed by atoms with van der Waals surface area (Å²) in [5, 5.41) is 14.9. The highest BCUT2D eigenvalue weighted by molar-refractivity contribution is 5.68. The zero-order valence-electron chi connectivity index (χ0n) is 11.7. The SMILES string of the molecule is CC(C)(C)OC(=O)NC1CCC(NCCO)CC1. The molecule has 1 aliphatic carbocycles. The lowest BCUT2D eigenvalue weighted by Crippen LogP contribution is -2.44. The molecule has 5 nitrogen and oxygen atoms in total. The van der Waals surface area contributed by atoms with Crippen LogP contribution in [-0.2, 0) is 4.74 Å². The summed E-state index contributed by atoms with van der Waals surface area (Å²) in [6.45, 7) is 6.41. The predicted molar refractivity (Wildman–Crippen MR) is 70.5 cm³/mol. The number of amides is 1. The molecule has 5 heteroatoms. The Morgan fingerprint density at radius 1 is 1.22 bits per heavy atom. The van der Waals surface area contributed by atoms with Crippen LogP contribution in [0.3, 0.4) is 0 Å². The van der Waals surface area contributed by atoms with Crippen molar-refractivity contribution in [3.05, 3.63) is 0 Å². The summed E-state index contributed by atoms with van der Waals surface area (Å²) in [6, 6.07) is 0.681. The van der Waals surface area contributed by atoms with E-state index in [4.69, 9.17) is 9.84 Å². The molecule has 1 rings (SSSR count). The van der Waals surface area contributed by atoms with E-state index in [9.17, 15) is 4.79 Å². The first kappa shape index (κ1) is 15.2. The van der Waals surface area contributed by atoms with Crippen LogP contribution in [0.4, 0.5) is 4.79 Å². The number of carbonyl (C=O) groups excluding carboxylic acids is 1. The third-order valence-corrected chi connectivity index (χ3v) is 2.99. The number of alkyl carbamates (subject to hydrolysis) is 1. The predicted octanol–water partition coefficient (Wildman–Crippen LogP) is 1.40. The number of carbonyl (C=O) groups is 1. The van der Waals surface area contributed by atoms with Crippen molar-refractivity contribution < 1.29 is 14.6 Å². The van der Waals surface area contributed by atoms with Gasteiger partial charge in [-0.05, 0) is 46.5 Å². The van der Waals surface area contributed by atoms with Crippen LogP contribution in [-0.4, -0.2) is 42.0 Å². The lowest BCUT2D eigenvalue weighted by Gasteiger charge is -2.30. The van der Waals surface area contributed by atoms with E-state index in [0.717, 1.165) is 25.7 Å². The molecule has 0 heterocycles. The zero-order chi connectivity index (χ0) is 13.6. The molecule has 0 aromatic rings. The van der Waals surface area contributed by atoms with Crippen molar-refractivity contribution in [3.8, 4) is 0 Å². The summed E-state index contributed by atoms with van der Waals surface area (Å²) in [7, 11) is 0. The van der Waals surface area contributed by atoms with Gasteiger partial charge >= 0.3 is 6.09 Å². The van der Waals surface area contributed by atoms with E-state index >= 15 is 0 Å². The second kappa shape index (κ2) is 6.95. The van der Waals surface area contributed by atoms with Gasteiger partial charge in [-0.25, -0.2) is 4.79 Å². The average molecular weight is 258 g/mol. The van der Waals surface area contributed by atoms with Crippen LogP contribution in [0.25, 0.3) is 0 Å². The summed E-state index contributed by atoms with van der Waals surface area (Å²) in [5.41, 5.74) is -0.441. The molecule has 0 atom stereocenters. The highest BCUT2D eigenvalue weighted by atomic mass is 16.6. The number of hydrogen-bond donors (Lipinski definition) is 3. The minimum Gasteiger partial charge on any atom is -0.444 e. The minimum absolute atomic E-state index is 0.177. The third-order valence-electron chi connectivity index (χ3n) is 2.99. The van der Waals surface area contributed by atoms with Crippen molar-refractivity contribution in [3.63, 3.8) is 0 Å². The first-order chi connectivity index (χ1) is 8.40. The molecule has 106 valence electrons. The summed E-state index contributed by atoms with van der Waals surface area (Å²) >= 11 is 0. The van der Waals surface area contributed by atoms with Gasteiger partial charge in [0.2, 0.25) is 0 Å². The van der Waals surface area contributed by atoms with Gasteiger partial charge in [0, 0.05) is 18.6 Å². The summed E-state index contributed by atoms with van der Waals surface area (Å²) in [4.78, 5) is 11.6. The summed E-state index contributed by atoms with van der Waals surface area (Å²) < 4.78 is 5.23. The van der Waals surface area contributed by atoms with Crippen molar-refractivity contribution in [1.82, 2.24) is 10.6 Å². The first-order valence-electron chi connectivity index (χ1n) is 6.74. The zero-order valence-corrected chi connectivity index (χ0v) is 11.7. The molecule has 0 aromatic heterocycles. The monoisotopic (exact) mass is 258 g/mol. The number of nitrogens with one attached hydrogen (secondary N) is 2. The summed E-state index contributed by atoms with van der Waals surface area (Å²) in [6.07, 6.45) is 3.65. The van der Waals surface area contributed by atoms with Gasteiger partial charge < -0.3 is 20.5 Å². The van der Waals surface area contributed by atoms with E-state index in [1.807, 2.05) is 20.8 Å². The van der Waals surface area contributed by atoms with Crippen LogP contribution in [0.15, 0.2) is 0 Å². The quantitative estimate of drug-likeness (QED) is 0.713. The maximum absolute atomic E-state index is 11.6. The van der Waals surface area contributed by atoms with Crippen LogP contribution in [0.1, 0.15) is 46.5 Å². The highest BCUT2D eigenvalue weighted by Crippen LogP contribution is 2.19. The van der Waals surface area contributed by atoms with E-state index in [0.29, 0.717) is 12.6 Å². The highest BCUT2D eigenvalue weighted by Gasteiger charge is 2.24. The van der Waals surface area contributed by atoms with E-state index in [-0.39, 0.29) is 18.7 Å². The van der Waals surface area contributed by atoms with Gasteiger partial charge in [-0.1, -0.05) is 0 Å². The molecule has 1 saturated carbocycles. The molecule has 0 saturated heterocycles. The summed E-state index contributed by atoms with van der Waals surface area (Å²) in [5.74, 6) is 0. The van der Waals surface area contributed by atoms with Crippen LogP contribution >= 0.6 is 0 Å². The fourth-order valence-electron chi connectivity index (χ4n) is 2.18. The Labute approximate surface area is 109 Å². The Bertz CT molecular complexity index is 255. The Morgan fingerprint density at radius 3 is 2.28 bits per heavy atom. The number of ether oxygens (including phenoxy) is 1. The molecule has 1 amide bonds. The molecular weight excluding hydrogens is 232 g/mol. The molecule has 0 aromatic carbocycles. The lowest BCUT2D eigenvalue weighted by atomic mass is 9.91. The molecule has 1 fully saturated rings. The van der Waals surface area contributed by atoms with Crippen LogP contribution in [0.5, 0.6) is 0 Å². The molecule has 0 radical (unpaired) electrons. The maximum Gasteiger partial charge on any atom is 0.407 e. The molecule has 18 heavy (non-hydrogen) atoms. The normalized spacial score (nSPS) is 24.7. The number of aliphatic hydroxyl groups excluding tert-OH is 1. The van der Waals surface area contributed by atoms with Gasteiger partial charge in [-0.15, -0.1) is 0 Å². The van der Waals surface area contributed by atoms with Crippen LogP contribution < -0.4 is 10.6 Å². The Hall–Kier alpha value is -0.810. The molecule has 0 spiro atoms. The minimum atomic E-state index is -0.441. The molecule has 1 aliphatic rings. The third kappa shape index (κ3) is 6.21. The molecule has 0 aliphatic heterocycles. The topological polar surface area (TPSA) is 70.6 Å². The van der Waals surface area contributed by atoms with E-state index < -0.39 is 5.60 Å². The second-order valence-corrected chi connectivity index (χ2v) is 5.87. The Balaban J connectivity index is 2.21. The molecule has 3 N–H and O–H groups in total. The van der Waals surface area contributed by atoms with Crippen molar-refractivity contribution in [2.75, 3.05) is 13.2 Å². The second-order valence-electron chi connectivity index (χ2n) is 5.87. The number of hydrogen-bond acceptors (Lipinski definition) is 4. The lowest BCUT2D eigenvalue weighted by molar-refractivity contribution is 0.0489. The Morgan fingerprint density at radius 2 is 1.78 bits per heavy atom. The molecule has 0 bridgehead atoms. The van der Waals surface area contributed by atoms with E-state index in [2.05, 4.69) is 10.6 Å². The van der Waals surface area contributed by atoms with Crippen molar-refractivity contribution in [2.24, 2.45) is 0 Å². The number of aliphatic hydroxyl groups is 1. The largest absolute Gasteiger partial charge is 0.444 e. The fraction of sp³-hybridized carbons (Fsp3) is 0.923. The van der Waals surface area contributed by atoms with Gasteiger partial charge in [0.25, 0.3) is 0 Å². The van der Waals surface area contributed by atoms with Gasteiger partial charge in [0.15, 0.2) is 0 Å². The Kier molecular flexibility index (Phi) is 5.88. The van der Waals surface area contributed by atoms with Crippen LogP contribution in [0, 0.1) is 0 Å². The average Bonchev–Trinajstić information content (AvgIpc) is 2.25. The van der Waals surface area contributed by atoms with Crippen molar-refractivity contribution in [2.45, 2.75) is 64.1 Å². The number of rotatable bonds is 4.